The lowest BCUT2D eigenvalue weighted by molar-refractivity contribution is -0.383. The maximum Gasteiger partial charge on any atom is 0.292 e. The predicted octanol–water partition coefficient (Wildman–Crippen LogP) is 2.87. The van der Waals surface area contributed by atoms with E-state index in [2.05, 4.69) is 5.32 Å². The zero-order chi connectivity index (χ0) is 13.7. The lowest BCUT2D eigenvalue weighted by Crippen LogP contribution is -2.00. The molecule has 0 fully saturated rings. The minimum absolute atomic E-state index is 0.0290. The van der Waals surface area contributed by atoms with Crippen molar-refractivity contribution in [1.82, 2.24) is 0 Å². The van der Waals surface area contributed by atoms with Crippen LogP contribution < -0.4 is 5.32 Å². The summed E-state index contributed by atoms with van der Waals surface area (Å²) in [5, 5.41) is 23.0. The van der Waals surface area contributed by atoms with Crippen molar-refractivity contribution in [2.45, 2.75) is 6.42 Å². The van der Waals surface area contributed by atoms with E-state index in [1.54, 1.807) is 18.2 Å². The number of nitro groups is 1. The fourth-order valence-electron chi connectivity index (χ4n) is 1.86. The lowest BCUT2D eigenvalue weighted by Gasteiger charge is -2.11. The number of nitrogens with zero attached hydrogens (tertiary/aromatic N) is 1. The van der Waals surface area contributed by atoms with Crippen LogP contribution >= 0.6 is 0 Å². The van der Waals surface area contributed by atoms with Crippen LogP contribution in [0.5, 0.6) is 0 Å². The Morgan fingerprint density at radius 2 is 1.68 bits per heavy atom. The second kappa shape index (κ2) is 5.97. The van der Waals surface area contributed by atoms with Crippen molar-refractivity contribution in [2.24, 2.45) is 0 Å². The number of anilines is 2. The molecule has 2 aromatic rings. The van der Waals surface area contributed by atoms with E-state index in [4.69, 9.17) is 5.11 Å². The van der Waals surface area contributed by atoms with Gasteiger partial charge in [0.1, 0.15) is 5.69 Å². The molecule has 0 amide bonds. The van der Waals surface area contributed by atoms with Crippen molar-refractivity contribution in [2.75, 3.05) is 11.9 Å². The van der Waals surface area contributed by atoms with Gasteiger partial charge in [0.05, 0.1) is 4.92 Å². The molecule has 5 heteroatoms. The van der Waals surface area contributed by atoms with Crippen molar-refractivity contribution in [1.29, 1.82) is 0 Å². The number of hydrogen-bond donors (Lipinski definition) is 2. The molecular weight excluding hydrogens is 244 g/mol. The van der Waals surface area contributed by atoms with Crippen LogP contribution in [0.1, 0.15) is 5.56 Å². The number of nitro benzene ring substituents is 1. The fraction of sp³-hybridized carbons (Fsp3) is 0.143. The molecule has 2 N–H and O–H groups in total. The van der Waals surface area contributed by atoms with Crippen molar-refractivity contribution >= 4 is 17.1 Å². The summed E-state index contributed by atoms with van der Waals surface area (Å²) < 4.78 is 0. The molecule has 0 bridgehead atoms. The highest BCUT2D eigenvalue weighted by atomic mass is 16.6. The third-order valence-corrected chi connectivity index (χ3v) is 2.77. The summed E-state index contributed by atoms with van der Waals surface area (Å²) in [7, 11) is 0. The van der Waals surface area contributed by atoms with Gasteiger partial charge >= 0.3 is 0 Å². The SMILES string of the molecule is O=[N+]([O-])c1ccccc1Nc1ccccc1CCO. The quantitative estimate of drug-likeness (QED) is 0.638. The van der Waals surface area contributed by atoms with E-state index in [-0.39, 0.29) is 12.3 Å². The first-order chi connectivity index (χ1) is 9.22. The van der Waals surface area contributed by atoms with E-state index >= 15 is 0 Å². The maximum absolute atomic E-state index is 10.9. The Bertz CT molecular complexity index is 584. The van der Waals surface area contributed by atoms with Gasteiger partial charge in [-0.2, -0.15) is 0 Å². The van der Waals surface area contributed by atoms with E-state index in [1.165, 1.54) is 6.07 Å². The second-order valence-electron chi connectivity index (χ2n) is 4.03. The average molecular weight is 258 g/mol. The Hall–Kier alpha value is -2.40. The van der Waals surface area contributed by atoms with Crippen molar-refractivity contribution in [3.63, 3.8) is 0 Å². The first kappa shape index (κ1) is 13.0. The number of nitrogens with one attached hydrogen (secondary N) is 1. The minimum Gasteiger partial charge on any atom is -0.396 e. The first-order valence-electron chi connectivity index (χ1n) is 5.91. The summed E-state index contributed by atoms with van der Waals surface area (Å²) in [5.74, 6) is 0. The Balaban J connectivity index is 2.34. The van der Waals surface area contributed by atoms with E-state index in [9.17, 15) is 10.1 Å². The van der Waals surface area contributed by atoms with Crippen LogP contribution in [0, 0.1) is 10.1 Å². The van der Waals surface area contributed by atoms with Crippen LogP contribution in [0.25, 0.3) is 0 Å². The molecule has 0 saturated carbocycles. The van der Waals surface area contributed by atoms with Crippen molar-refractivity contribution < 1.29 is 10.0 Å². The Morgan fingerprint density at radius 3 is 2.37 bits per heavy atom. The van der Waals surface area contributed by atoms with Gasteiger partial charge in [-0.25, -0.2) is 0 Å². The molecule has 0 spiro atoms. The molecule has 0 aromatic heterocycles. The molecule has 98 valence electrons. The highest BCUT2D eigenvalue weighted by Gasteiger charge is 2.13. The summed E-state index contributed by atoms with van der Waals surface area (Å²) in [4.78, 5) is 10.5. The number of benzene rings is 2. The van der Waals surface area contributed by atoms with Gasteiger partial charge in [0.2, 0.25) is 0 Å². The summed E-state index contributed by atoms with van der Waals surface area (Å²) in [6.07, 6.45) is 0.504. The van der Waals surface area contributed by atoms with E-state index in [0.717, 1.165) is 11.3 Å². The molecule has 0 aliphatic heterocycles. The number of para-hydroxylation sites is 3. The third kappa shape index (κ3) is 3.08. The van der Waals surface area contributed by atoms with Crippen molar-refractivity contribution in [3.05, 3.63) is 64.2 Å². The molecular formula is C14H14N2O3. The summed E-state index contributed by atoms with van der Waals surface area (Å²) in [5.41, 5.74) is 2.16. The smallest absolute Gasteiger partial charge is 0.292 e. The van der Waals surface area contributed by atoms with Crippen LogP contribution in [0.4, 0.5) is 17.1 Å². The Morgan fingerprint density at radius 1 is 1.05 bits per heavy atom. The average Bonchev–Trinajstić information content (AvgIpc) is 2.42. The van der Waals surface area contributed by atoms with Crippen molar-refractivity contribution in [3.8, 4) is 0 Å². The lowest BCUT2D eigenvalue weighted by atomic mass is 10.1. The molecule has 0 aliphatic rings. The molecule has 0 saturated heterocycles. The number of aliphatic hydroxyl groups is 1. The second-order valence-corrected chi connectivity index (χ2v) is 4.03. The zero-order valence-corrected chi connectivity index (χ0v) is 10.2. The van der Waals surface area contributed by atoms with Crippen LogP contribution in [-0.4, -0.2) is 16.6 Å². The molecule has 5 nitrogen and oxygen atoms in total. The van der Waals surface area contributed by atoms with Crippen LogP contribution in [-0.2, 0) is 6.42 Å². The number of hydrogen-bond acceptors (Lipinski definition) is 4. The molecule has 2 rings (SSSR count). The third-order valence-electron chi connectivity index (χ3n) is 2.77. The largest absolute Gasteiger partial charge is 0.396 e. The molecule has 0 heterocycles. The first-order valence-corrected chi connectivity index (χ1v) is 5.91. The molecule has 0 aliphatic carbocycles. The highest BCUT2D eigenvalue weighted by Crippen LogP contribution is 2.28. The molecule has 19 heavy (non-hydrogen) atoms. The molecule has 2 aromatic carbocycles. The van der Waals surface area contributed by atoms with Crippen LogP contribution in [0.3, 0.4) is 0 Å². The number of aliphatic hydroxyl groups excluding tert-OH is 1. The van der Waals surface area contributed by atoms with Gasteiger partial charge in [-0.3, -0.25) is 10.1 Å². The molecule has 0 radical (unpaired) electrons. The van der Waals surface area contributed by atoms with Crippen LogP contribution in [0.2, 0.25) is 0 Å². The standard InChI is InChI=1S/C14H14N2O3/c17-10-9-11-5-1-2-6-12(11)15-13-7-3-4-8-14(13)16(18)19/h1-8,15,17H,9-10H2. The van der Waals surface area contributed by atoms with Gasteiger partial charge < -0.3 is 10.4 Å². The van der Waals surface area contributed by atoms with E-state index < -0.39 is 4.92 Å². The number of rotatable bonds is 5. The van der Waals surface area contributed by atoms with Gasteiger partial charge in [0.25, 0.3) is 5.69 Å². The zero-order valence-electron chi connectivity index (χ0n) is 10.2. The van der Waals surface area contributed by atoms with Gasteiger partial charge in [-0.15, -0.1) is 0 Å². The van der Waals surface area contributed by atoms with Gasteiger partial charge in [-0.05, 0) is 24.1 Å². The minimum atomic E-state index is -0.420. The molecule has 0 atom stereocenters. The predicted molar refractivity (Wildman–Crippen MR) is 73.6 cm³/mol. The Labute approximate surface area is 110 Å². The summed E-state index contributed by atoms with van der Waals surface area (Å²) in [6, 6.07) is 13.9. The normalized spacial score (nSPS) is 10.2. The molecule has 0 unspecified atom stereocenters. The van der Waals surface area contributed by atoms with Gasteiger partial charge in [0, 0.05) is 18.4 Å². The van der Waals surface area contributed by atoms with E-state index in [1.807, 2.05) is 24.3 Å². The monoisotopic (exact) mass is 258 g/mol. The van der Waals surface area contributed by atoms with Gasteiger partial charge in [-0.1, -0.05) is 30.3 Å². The van der Waals surface area contributed by atoms with Crippen LogP contribution in [0.15, 0.2) is 48.5 Å². The fourth-order valence-corrected chi connectivity index (χ4v) is 1.86. The maximum atomic E-state index is 10.9. The summed E-state index contributed by atoms with van der Waals surface area (Å²) in [6.45, 7) is 0.0373. The van der Waals surface area contributed by atoms with E-state index in [0.29, 0.717) is 12.1 Å². The summed E-state index contributed by atoms with van der Waals surface area (Å²) >= 11 is 0. The Kier molecular flexibility index (Phi) is 4.10. The topological polar surface area (TPSA) is 75.4 Å². The van der Waals surface area contributed by atoms with Gasteiger partial charge in [0.15, 0.2) is 0 Å². The highest BCUT2D eigenvalue weighted by molar-refractivity contribution is 5.71.